The molecule has 2 aliphatic rings. The van der Waals surface area contributed by atoms with Gasteiger partial charge in [-0.3, -0.25) is 14.7 Å². The molecule has 1 amide bonds. The van der Waals surface area contributed by atoms with Gasteiger partial charge >= 0.3 is 0 Å². The summed E-state index contributed by atoms with van der Waals surface area (Å²) in [5.74, 6) is 6.97. The van der Waals surface area contributed by atoms with Crippen LogP contribution in [0.2, 0.25) is 0 Å². The summed E-state index contributed by atoms with van der Waals surface area (Å²) in [4.78, 5) is 26.6. The largest absolute Gasteiger partial charge is 0.373 e. The number of anilines is 1. The lowest BCUT2D eigenvalue weighted by molar-refractivity contribution is -0.0856. The van der Waals surface area contributed by atoms with E-state index in [9.17, 15) is 4.79 Å². The van der Waals surface area contributed by atoms with Gasteiger partial charge in [0.05, 0.1) is 18.8 Å². The van der Waals surface area contributed by atoms with E-state index in [0.717, 1.165) is 44.6 Å². The van der Waals surface area contributed by atoms with Crippen molar-refractivity contribution in [2.45, 2.75) is 84.6 Å². The van der Waals surface area contributed by atoms with Crippen LogP contribution >= 0.6 is 0 Å². The molecule has 2 N–H and O–H groups in total. The number of ether oxygens (including phenoxy) is 1. The van der Waals surface area contributed by atoms with Crippen molar-refractivity contribution in [3.05, 3.63) is 53.0 Å². The van der Waals surface area contributed by atoms with Gasteiger partial charge in [0.25, 0.3) is 5.91 Å². The van der Waals surface area contributed by atoms with Crippen LogP contribution < -0.4 is 10.9 Å². The number of benzene rings is 1. The molecule has 2 saturated heterocycles. The molecule has 36 heavy (non-hydrogen) atoms. The number of likely N-dealkylation sites (tertiary alicyclic amines) is 1. The first-order valence-electron chi connectivity index (χ1n) is 13.1. The molecule has 8 heteroatoms. The second-order valence-corrected chi connectivity index (χ2v) is 11.5. The van der Waals surface area contributed by atoms with E-state index in [-0.39, 0.29) is 23.5 Å². The highest BCUT2D eigenvalue weighted by Crippen LogP contribution is 2.26. The van der Waals surface area contributed by atoms with Gasteiger partial charge in [0, 0.05) is 37.8 Å². The van der Waals surface area contributed by atoms with Gasteiger partial charge < -0.3 is 9.64 Å². The van der Waals surface area contributed by atoms with Crippen LogP contribution in [0.5, 0.6) is 0 Å². The third-order valence-electron chi connectivity index (χ3n) is 7.42. The molecule has 2 atom stereocenters. The summed E-state index contributed by atoms with van der Waals surface area (Å²) in [5.41, 5.74) is 3.62. The fraction of sp³-hybridized carbons (Fsp3) is 0.607. The van der Waals surface area contributed by atoms with Gasteiger partial charge in [-0.25, -0.2) is 15.8 Å². The Morgan fingerprint density at radius 1 is 1.08 bits per heavy atom. The van der Waals surface area contributed by atoms with Crippen LogP contribution in [0.1, 0.15) is 74.6 Å². The number of nitrogens with two attached hydrogens (primary N) is 1. The minimum absolute atomic E-state index is 0.0405. The Morgan fingerprint density at radius 2 is 1.69 bits per heavy atom. The molecule has 1 aromatic heterocycles. The van der Waals surface area contributed by atoms with Crippen LogP contribution in [-0.4, -0.2) is 70.1 Å². The molecule has 0 radical (unpaired) electrons. The van der Waals surface area contributed by atoms with E-state index in [1.807, 2.05) is 11.8 Å². The summed E-state index contributed by atoms with van der Waals surface area (Å²) in [5, 5.41) is 1.60. The van der Waals surface area contributed by atoms with Gasteiger partial charge in [0.2, 0.25) is 0 Å². The predicted molar refractivity (Wildman–Crippen MR) is 143 cm³/mol. The maximum atomic E-state index is 13.4. The van der Waals surface area contributed by atoms with Gasteiger partial charge in [-0.15, -0.1) is 0 Å². The summed E-state index contributed by atoms with van der Waals surface area (Å²) in [7, 11) is 0. The highest BCUT2D eigenvalue weighted by atomic mass is 16.5. The summed E-state index contributed by atoms with van der Waals surface area (Å²) < 4.78 is 5.89. The van der Waals surface area contributed by atoms with Crippen molar-refractivity contribution >= 4 is 11.7 Å². The number of morpholine rings is 1. The van der Waals surface area contributed by atoms with E-state index < -0.39 is 0 Å². The lowest BCUT2D eigenvalue weighted by Crippen LogP contribution is -2.53. The predicted octanol–water partition coefficient (Wildman–Crippen LogP) is 3.68. The highest BCUT2D eigenvalue weighted by Gasteiger charge is 2.32. The number of aromatic nitrogens is 2. The molecule has 2 unspecified atom stereocenters. The molecule has 0 aliphatic carbocycles. The number of amides is 1. The van der Waals surface area contributed by atoms with Crippen LogP contribution in [0.15, 0.2) is 30.6 Å². The fourth-order valence-corrected chi connectivity index (χ4v) is 5.43. The molecule has 8 nitrogen and oxygen atoms in total. The Balaban J connectivity index is 1.39. The Hall–Kier alpha value is -2.55. The smallest absolute Gasteiger partial charge is 0.272 e. The quantitative estimate of drug-likeness (QED) is 0.501. The lowest BCUT2D eigenvalue weighted by atomic mass is 9.87. The Bertz CT molecular complexity index is 1030. The minimum atomic E-state index is -0.0405. The zero-order valence-electron chi connectivity index (χ0n) is 22.7. The number of hydrogen-bond donors (Lipinski definition) is 1. The second-order valence-electron chi connectivity index (χ2n) is 11.5. The number of carbonyl (C=O) groups is 1. The summed E-state index contributed by atoms with van der Waals surface area (Å²) in [6.07, 6.45) is 3.89. The monoisotopic (exact) mass is 494 g/mol. The summed E-state index contributed by atoms with van der Waals surface area (Å²) in [6.45, 7) is 16.6. The molecule has 2 fully saturated rings. The molecule has 2 aromatic rings. The van der Waals surface area contributed by atoms with Gasteiger partial charge in [-0.05, 0) is 50.2 Å². The van der Waals surface area contributed by atoms with Crippen LogP contribution in [-0.2, 0) is 16.7 Å². The van der Waals surface area contributed by atoms with Crippen LogP contribution in [0.3, 0.4) is 0 Å². The number of carbonyl (C=O) groups excluding carboxylic acids is 1. The van der Waals surface area contributed by atoms with Crippen molar-refractivity contribution in [2.75, 3.05) is 31.2 Å². The zero-order chi connectivity index (χ0) is 26.0. The first kappa shape index (κ1) is 26.5. The van der Waals surface area contributed by atoms with Crippen molar-refractivity contribution < 1.29 is 9.53 Å². The van der Waals surface area contributed by atoms with Gasteiger partial charge in [0.15, 0.2) is 0 Å². The third-order valence-corrected chi connectivity index (χ3v) is 7.42. The zero-order valence-corrected chi connectivity index (χ0v) is 22.7. The average molecular weight is 495 g/mol. The van der Waals surface area contributed by atoms with Crippen molar-refractivity contribution in [1.82, 2.24) is 19.8 Å². The number of piperidine rings is 1. The van der Waals surface area contributed by atoms with Crippen LogP contribution in [0.25, 0.3) is 0 Å². The van der Waals surface area contributed by atoms with E-state index >= 15 is 0 Å². The molecule has 4 rings (SSSR count). The van der Waals surface area contributed by atoms with E-state index in [4.69, 9.17) is 10.6 Å². The normalized spacial score (nSPS) is 22.0. The lowest BCUT2D eigenvalue weighted by Gasteiger charge is -2.43. The Kier molecular flexibility index (Phi) is 7.97. The van der Waals surface area contributed by atoms with Crippen LogP contribution in [0, 0.1) is 6.92 Å². The standard InChI is InChI=1S/C28H42N6O2/c1-19-15-33(16-20(2)36-19)24-11-13-32(14-12-24)27(35)25-21(3)26(31-18-30-25)34(29)17-22-7-9-23(10-8-22)28(4,5)6/h7-10,18-20,24H,11-17,29H2,1-6H3. The first-order chi connectivity index (χ1) is 17.0. The number of hydrogen-bond acceptors (Lipinski definition) is 7. The first-order valence-corrected chi connectivity index (χ1v) is 13.1. The number of rotatable bonds is 5. The molecule has 0 bridgehead atoms. The molecule has 2 aliphatic heterocycles. The second kappa shape index (κ2) is 10.8. The van der Waals surface area contributed by atoms with Gasteiger partial charge in [0.1, 0.15) is 17.8 Å². The molecule has 196 valence electrons. The average Bonchev–Trinajstić information content (AvgIpc) is 2.83. The molecule has 1 aromatic carbocycles. The molecular formula is C28H42N6O2. The fourth-order valence-electron chi connectivity index (χ4n) is 5.43. The minimum Gasteiger partial charge on any atom is -0.373 e. The Morgan fingerprint density at radius 3 is 2.28 bits per heavy atom. The van der Waals surface area contributed by atoms with Gasteiger partial charge in [-0.2, -0.15) is 0 Å². The maximum absolute atomic E-state index is 13.4. The van der Waals surface area contributed by atoms with Crippen molar-refractivity contribution in [2.24, 2.45) is 5.84 Å². The SMILES string of the molecule is Cc1c(C(=O)N2CCC(N3CC(C)OC(C)C3)CC2)ncnc1N(N)Cc1ccc(C(C)(C)C)cc1. The highest BCUT2D eigenvalue weighted by molar-refractivity contribution is 5.94. The number of nitrogens with zero attached hydrogens (tertiary/aromatic N) is 5. The van der Waals surface area contributed by atoms with Crippen LogP contribution in [0.4, 0.5) is 5.82 Å². The third kappa shape index (κ3) is 6.05. The van der Waals surface area contributed by atoms with Gasteiger partial charge in [-0.1, -0.05) is 45.0 Å². The molecular weight excluding hydrogens is 452 g/mol. The van der Waals surface area contributed by atoms with Crippen molar-refractivity contribution in [3.8, 4) is 0 Å². The van der Waals surface area contributed by atoms with Crippen molar-refractivity contribution in [1.29, 1.82) is 0 Å². The number of hydrazine groups is 1. The summed E-state index contributed by atoms with van der Waals surface area (Å²) in [6, 6.07) is 8.99. The molecule has 0 saturated carbocycles. The summed E-state index contributed by atoms with van der Waals surface area (Å²) >= 11 is 0. The van der Waals surface area contributed by atoms with Crippen molar-refractivity contribution in [3.63, 3.8) is 0 Å². The van der Waals surface area contributed by atoms with E-state index in [1.165, 1.54) is 11.9 Å². The Labute approximate surface area is 215 Å². The van der Waals surface area contributed by atoms with E-state index in [1.54, 1.807) is 5.01 Å². The molecule has 3 heterocycles. The van der Waals surface area contributed by atoms with E-state index in [2.05, 4.69) is 73.8 Å². The maximum Gasteiger partial charge on any atom is 0.272 e. The van der Waals surface area contributed by atoms with E-state index in [0.29, 0.717) is 29.7 Å². The molecule has 0 spiro atoms. The topological polar surface area (TPSA) is 87.8 Å².